The van der Waals surface area contributed by atoms with E-state index in [1.807, 2.05) is 27.2 Å². The van der Waals surface area contributed by atoms with Crippen molar-refractivity contribution in [2.75, 3.05) is 47.5 Å². The van der Waals surface area contributed by atoms with Crippen LogP contribution < -0.4 is 4.89 Å². The molecule has 0 fully saturated rings. The molecule has 0 radical (unpaired) electrons. The molecule has 8 nitrogen and oxygen atoms in total. The molecule has 0 heterocycles. The lowest BCUT2D eigenvalue weighted by Gasteiger charge is -2.28. The number of ether oxygens (including phenoxy) is 2. The average molecular weight is 770 g/mol. The number of hydrogen-bond acceptors (Lipinski definition) is 7. The topological polar surface area (TPSA) is 94.1 Å². The maximum absolute atomic E-state index is 12.6. The molecule has 0 N–H and O–H groups in total. The van der Waals surface area contributed by atoms with Gasteiger partial charge in [-0.05, 0) is 76.7 Å². The van der Waals surface area contributed by atoms with Crippen molar-refractivity contribution in [1.82, 2.24) is 0 Å². The zero-order valence-electron chi connectivity index (χ0n) is 35.2. The first kappa shape index (κ1) is 51.6. The van der Waals surface area contributed by atoms with Crippen LogP contribution in [0.25, 0.3) is 0 Å². The number of quaternary nitrogens is 1. The van der Waals surface area contributed by atoms with Crippen LogP contribution >= 0.6 is 7.82 Å². The lowest BCUT2D eigenvalue weighted by Crippen LogP contribution is -2.37. The molecule has 9 heteroatoms. The largest absolute Gasteiger partial charge is 0.756 e. The Labute approximate surface area is 327 Å². The first-order valence-electron chi connectivity index (χ1n) is 21.8. The molecule has 0 saturated carbocycles. The van der Waals surface area contributed by atoms with Gasteiger partial charge in [0.05, 0.1) is 34.0 Å². The molecule has 0 aromatic carbocycles. The molecular weight excluding hydrogens is 685 g/mol. The normalized spacial score (nSPS) is 14.1. The molecule has 0 bridgehead atoms. The summed E-state index contributed by atoms with van der Waals surface area (Å²) >= 11 is 0. The van der Waals surface area contributed by atoms with E-state index >= 15 is 0 Å². The maximum Gasteiger partial charge on any atom is 0.306 e. The Bertz CT molecular complexity index is 947. The number of nitrogens with zero attached hydrogens (tertiary/aromatic N) is 1. The molecule has 0 aromatic heterocycles. The van der Waals surface area contributed by atoms with E-state index in [1.54, 1.807) is 6.26 Å². The quantitative estimate of drug-likeness (QED) is 0.0153. The van der Waals surface area contributed by atoms with Crippen LogP contribution in [-0.4, -0.2) is 64.1 Å². The van der Waals surface area contributed by atoms with E-state index in [0.29, 0.717) is 11.0 Å². The summed E-state index contributed by atoms with van der Waals surface area (Å²) in [6, 6.07) is 0. The van der Waals surface area contributed by atoms with Crippen LogP contribution in [0.5, 0.6) is 0 Å². The van der Waals surface area contributed by atoms with Gasteiger partial charge in [-0.15, -0.1) is 0 Å². The van der Waals surface area contributed by atoms with Crippen LogP contribution in [0.4, 0.5) is 0 Å². The number of unbranched alkanes of at least 4 members (excludes halogenated alkanes) is 22. The van der Waals surface area contributed by atoms with Gasteiger partial charge >= 0.3 is 5.97 Å². The second-order valence-corrected chi connectivity index (χ2v) is 17.2. The molecule has 0 aliphatic carbocycles. The van der Waals surface area contributed by atoms with Crippen LogP contribution in [0, 0.1) is 0 Å². The van der Waals surface area contributed by atoms with Gasteiger partial charge in [0.2, 0.25) is 0 Å². The lowest BCUT2D eigenvalue weighted by molar-refractivity contribution is -0.870. The highest BCUT2D eigenvalue weighted by Gasteiger charge is 2.20. The van der Waals surface area contributed by atoms with Gasteiger partial charge in [-0.3, -0.25) is 9.36 Å². The minimum Gasteiger partial charge on any atom is -0.756 e. The van der Waals surface area contributed by atoms with Crippen LogP contribution in [-0.2, 0) is 27.9 Å². The highest BCUT2D eigenvalue weighted by atomic mass is 31.2. The summed E-state index contributed by atoms with van der Waals surface area (Å²) in [6.07, 6.45) is 43.9. The number of phosphoric ester groups is 1. The predicted octanol–water partition coefficient (Wildman–Crippen LogP) is 12.3. The summed E-state index contributed by atoms with van der Waals surface area (Å²) in [4.78, 5) is 25.0. The maximum atomic E-state index is 12.6. The smallest absolute Gasteiger partial charge is 0.306 e. The second kappa shape index (κ2) is 37.5. The Morgan fingerprint density at radius 2 is 1.00 bits per heavy atom. The van der Waals surface area contributed by atoms with Gasteiger partial charge in [0.25, 0.3) is 7.82 Å². The van der Waals surface area contributed by atoms with Crippen molar-refractivity contribution in [2.45, 2.75) is 193 Å². The van der Waals surface area contributed by atoms with Crippen molar-refractivity contribution in [3.63, 3.8) is 0 Å². The van der Waals surface area contributed by atoms with Crippen molar-refractivity contribution in [2.24, 2.45) is 0 Å². The standard InChI is InChI=1S/C44H84NO7P/c1-6-8-10-12-14-16-18-20-22-24-26-28-30-32-34-36-39-49-41-43(42-51-53(47,48)50-40-38-45(3,4)5)52-44(46)37-35-33-31-29-27-25-23-21-19-17-15-13-11-9-7-2/h16,18,21,23,36,39,43H,6-15,17,19-20,22,24-35,37-38,40-42H2,1-5H3/b18-16-,23-21-,39-36-/t43-/m1/s1. The second-order valence-electron chi connectivity index (χ2n) is 15.8. The molecule has 0 spiro atoms. The minimum absolute atomic E-state index is 0.0139. The number of allylic oxidation sites excluding steroid dienone is 5. The molecule has 0 aliphatic rings. The highest BCUT2D eigenvalue weighted by Crippen LogP contribution is 2.38. The summed E-state index contributed by atoms with van der Waals surface area (Å²) < 4.78 is 34.3. The van der Waals surface area contributed by atoms with E-state index in [2.05, 4.69) is 38.2 Å². The van der Waals surface area contributed by atoms with Crippen molar-refractivity contribution in [3.05, 3.63) is 36.6 Å². The SMILES string of the molecule is CCCCCC/C=C\CCCCCCCC/C=C\OC[C@H](COP(=O)([O-])OCC[N+](C)(C)C)OC(=O)CCCCCCC/C=C\CCCCCCCC. The Balaban J connectivity index is 4.32. The molecule has 0 amide bonds. The Morgan fingerprint density at radius 3 is 1.47 bits per heavy atom. The van der Waals surface area contributed by atoms with E-state index in [0.717, 1.165) is 44.9 Å². The fourth-order valence-corrected chi connectivity index (χ4v) is 6.52. The van der Waals surface area contributed by atoms with Crippen LogP contribution in [0.15, 0.2) is 36.6 Å². The van der Waals surface area contributed by atoms with E-state index in [4.69, 9.17) is 18.5 Å². The van der Waals surface area contributed by atoms with Crippen molar-refractivity contribution >= 4 is 13.8 Å². The fraction of sp³-hybridized carbons (Fsp3) is 0.841. The molecule has 0 saturated heterocycles. The van der Waals surface area contributed by atoms with Gasteiger partial charge in [-0.2, -0.15) is 0 Å². The van der Waals surface area contributed by atoms with Crippen LogP contribution in [0.1, 0.15) is 187 Å². The van der Waals surface area contributed by atoms with Gasteiger partial charge in [0.15, 0.2) is 6.10 Å². The number of hydrogen-bond donors (Lipinski definition) is 0. The molecule has 2 atom stereocenters. The number of esters is 1. The third kappa shape index (κ3) is 41.6. The highest BCUT2D eigenvalue weighted by molar-refractivity contribution is 7.45. The van der Waals surface area contributed by atoms with Gasteiger partial charge in [0.1, 0.15) is 19.8 Å². The molecule has 0 rings (SSSR count). The van der Waals surface area contributed by atoms with E-state index < -0.39 is 13.9 Å². The summed E-state index contributed by atoms with van der Waals surface area (Å²) in [5.41, 5.74) is 0. The minimum atomic E-state index is -4.54. The summed E-state index contributed by atoms with van der Waals surface area (Å²) in [6.45, 7) is 4.70. The van der Waals surface area contributed by atoms with Crippen molar-refractivity contribution in [1.29, 1.82) is 0 Å². The number of carbonyl (C=O) groups excluding carboxylic acids is 1. The summed E-state index contributed by atoms with van der Waals surface area (Å²) in [5, 5.41) is 0. The van der Waals surface area contributed by atoms with Crippen LogP contribution in [0.2, 0.25) is 0 Å². The summed E-state index contributed by atoms with van der Waals surface area (Å²) in [5.74, 6) is -0.367. The van der Waals surface area contributed by atoms with E-state index in [9.17, 15) is 14.3 Å². The Morgan fingerprint density at radius 1 is 0.585 bits per heavy atom. The van der Waals surface area contributed by atoms with Crippen molar-refractivity contribution in [3.8, 4) is 0 Å². The first-order chi connectivity index (χ1) is 25.6. The van der Waals surface area contributed by atoms with E-state index in [1.165, 1.54) is 122 Å². The van der Waals surface area contributed by atoms with E-state index in [-0.39, 0.29) is 32.2 Å². The zero-order chi connectivity index (χ0) is 39.1. The molecular formula is C44H84NO7P. The first-order valence-corrected chi connectivity index (χ1v) is 23.2. The molecule has 312 valence electrons. The van der Waals surface area contributed by atoms with Gasteiger partial charge in [-0.25, -0.2) is 0 Å². The number of likely N-dealkylation sites (N-methyl/N-ethyl adjacent to an activating group) is 1. The Hall–Kier alpha value is -1.44. The monoisotopic (exact) mass is 770 g/mol. The van der Waals surface area contributed by atoms with Gasteiger partial charge in [-0.1, -0.05) is 134 Å². The fourth-order valence-electron chi connectivity index (χ4n) is 5.79. The van der Waals surface area contributed by atoms with Crippen LogP contribution in [0.3, 0.4) is 0 Å². The number of phosphoric acid groups is 1. The molecule has 0 aliphatic heterocycles. The summed E-state index contributed by atoms with van der Waals surface area (Å²) in [7, 11) is 1.32. The average Bonchev–Trinajstić information content (AvgIpc) is 3.11. The number of rotatable bonds is 40. The third-order valence-electron chi connectivity index (χ3n) is 9.23. The third-order valence-corrected chi connectivity index (χ3v) is 10.2. The predicted molar refractivity (Wildman–Crippen MR) is 222 cm³/mol. The molecule has 1 unspecified atom stereocenters. The zero-order valence-corrected chi connectivity index (χ0v) is 36.1. The molecule has 53 heavy (non-hydrogen) atoms. The van der Waals surface area contributed by atoms with Crippen molar-refractivity contribution < 1.29 is 37.3 Å². The van der Waals surface area contributed by atoms with Gasteiger partial charge in [0, 0.05) is 6.42 Å². The molecule has 0 aromatic rings. The van der Waals surface area contributed by atoms with Gasteiger partial charge < -0.3 is 27.9 Å². The number of carbonyl (C=O) groups is 1. The Kier molecular flexibility index (Phi) is 36.5. The lowest BCUT2D eigenvalue weighted by atomic mass is 10.1.